The zero-order valence-electron chi connectivity index (χ0n) is 15.2. The van der Waals surface area contributed by atoms with Crippen molar-refractivity contribution in [2.75, 3.05) is 23.3 Å². The molecule has 1 saturated heterocycles. The predicted octanol–water partition coefficient (Wildman–Crippen LogP) is 4.56. The van der Waals surface area contributed by atoms with Gasteiger partial charge < -0.3 is 19.1 Å². The molecule has 1 N–H and O–H groups in total. The molecule has 1 aliphatic rings. The lowest BCUT2D eigenvalue weighted by molar-refractivity contribution is -0.120. The number of hydrogen-bond donors (Lipinski definition) is 1. The van der Waals surface area contributed by atoms with Crippen LogP contribution in [0.4, 0.5) is 16.0 Å². The minimum Gasteiger partial charge on any atom is -0.459 e. The van der Waals surface area contributed by atoms with Gasteiger partial charge in [-0.15, -0.1) is 0 Å². The third-order valence-corrected chi connectivity index (χ3v) is 5.28. The summed E-state index contributed by atoms with van der Waals surface area (Å²) in [5, 5.41) is 12.0. The summed E-state index contributed by atoms with van der Waals surface area (Å²) in [7, 11) is 0. The molecule has 0 bridgehead atoms. The fourth-order valence-electron chi connectivity index (χ4n) is 3.28. The predicted molar refractivity (Wildman–Crippen MR) is 107 cm³/mol. The molecule has 3 heterocycles. The number of amides is 1. The largest absolute Gasteiger partial charge is 0.459 e. The van der Waals surface area contributed by atoms with E-state index in [9.17, 15) is 14.4 Å². The quantitative estimate of drug-likeness (QED) is 0.615. The summed E-state index contributed by atoms with van der Waals surface area (Å²) in [4.78, 5) is 18.6. The number of nitrogens with one attached hydrogen (secondary N) is 1. The SMILES string of the molecule is N#Cc1nc(-c2ccco2)oc1N1CCC(C(=O)Nc2ccc(Br)cc2F)CC1. The number of aromatic nitrogens is 1. The lowest BCUT2D eigenvalue weighted by Crippen LogP contribution is -2.38. The Morgan fingerprint density at radius 2 is 2.14 bits per heavy atom. The highest BCUT2D eigenvalue weighted by molar-refractivity contribution is 9.10. The second-order valence-corrected chi connectivity index (χ2v) is 7.55. The van der Waals surface area contributed by atoms with E-state index in [0.717, 1.165) is 0 Å². The summed E-state index contributed by atoms with van der Waals surface area (Å²) >= 11 is 3.19. The fourth-order valence-corrected chi connectivity index (χ4v) is 3.61. The Bertz CT molecular complexity index is 1070. The van der Waals surface area contributed by atoms with E-state index in [4.69, 9.17) is 8.83 Å². The van der Waals surface area contributed by atoms with E-state index in [2.05, 4.69) is 26.2 Å². The van der Waals surface area contributed by atoms with E-state index in [-0.39, 0.29) is 29.1 Å². The number of piperidine rings is 1. The standard InChI is InChI=1S/C20H16BrFN4O3/c21-13-3-4-15(14(22)10-13)24-18(27)12-5-7-26(8-6-12)20-16(11-23)25-19(29-20)17-2-1-9-28-17/h1-4,9-10,12H,5-8H2,(H,24,27). The van der Waals surface area contributed by atoms with Crippen LogP contribution in [-0.4, -0.2) is 24.0 Å². The molecule has 3 aromatic rings. The van der Waals surface area contributed by atoms with Gasteiger partial charge in [0, 0.05) is 23.5 Å². The van der Waals surface area contributed by atoms with Crippen molar-refractivity contribution in [3.05, 3.63) is 52.6 Å². The van der Waals surface area contributed by atoms with Crippen LogP contribution in [0.1, 0.15) is 18.5 Å². The van der Waals surface area contributed by atoms with E-state index >= 15 is 0 Å². The first-order valence-corrected chi connectivity index (χ1v) is 9.80. The van der Waals surface area contributed by atoms with Crippen molar-refractivity contribution in [3.8, 4) is 17.7 Å². The highest BCUT2D eigenvalue weighted by atomic mass is 79.9. The average Bonchev–Trinajstić information content (AvgIpc) is 3.39. The summed E-state index contributed by atoms with van der Waals surface area (Å²) in [6.45, 7) is 1.03. The molecule has 1 aromatic carbocycles. The van der Waals surface area contributed by atoms with Gasteiger partial charge in [-0.2, -0.15) is 10.2 Å². The minimum atomic E-state index is -0.490. The first kappa shape index (κ1) is 19.2. The van der Waals surface area contributed by atoms with E-state index in [0.29, 0.717) is 42.0 Å². The highest BCUT2D eigenvalue weighted by Gasteiger charge is 2.29. The summed E-state index contributed by atoms with van der Waals surface area (Å²) < 4.78 is 25.6. The molecule has 0 saturated carbocycles. The van der Waals surface area contributed by atoms with Crippen LogP contribution in [0.25, 0.3) is 11.7 Å². The van der Waals surface area contributed by atoms with Gasteiger partial charge in [-0.1, -0.05) is 15.9 Å². The maximum Gasteiger partial charge on any atom is 0.266 e. The van der Waals surface area contributed by atoms with Crippen LogP contribution in [0, 0.1) is 23.1 Å². The van der Waals surface area contributed by atoms with Crippen molar-refractivity contribution in [1.82, 2.24) is 4.98 Å². The Morgan fingerprint density at radius 1 is 1.34 bits per heavy atom. The van der Waals surface area contributed by atoms with Crippen molar-refractivity contribution < 1.29 is 18.0 Å². The molecule has 0 spiro atoms. The Morgan fingerprint density at radius 3 is 2.79 bits per heavy atom. The average molecular weight is 459 g/mol. The number of hydrogen-bond acceptors (Lipinski definition) is 6. The lowest BCUT2D eigenvalue weighted by atomic mass is 9.96. The minimum absolute atomic E-state index is 0.158. The zero-order valence-corrected chi connectivity index (χ0v) is 16.8. The van der Waals surface area contributed by atoms with Crippen molar-refractivity contribution in [2.24, 2.45) is 5.92 Å². The van der Waals surface area contributed by atoms with Crippen LogP contribution in [0.2, 0.25) is 0 Å². The normalized spacial score (nSPS) is 14.6. The van der Waals surface area contributed by atoms with E-state index in [1.807, 2.05) is 11.0 Å². The summed E-state index contributed by atoms with van der Waals surface area (Å²) in [6.07, 6.45) is 2.60. The topological polar surface area (TPSA) is 95.3 Å². The Labute approximate surface area is 174 Å². The number of halogens is 2. The third-order valence-electron chi connectivity index (χ3n) is 4.79. The summed E-state index contributed by atoms with van der Waals surface area (Å²) in [5.41, 5.74) is 0.335. The first-order chi connectivity index (χ1) is 14.0. The molecular formula is C20H16BrFN4O3. The second kappa shape index (κ2) is 8.09. The van der Waals surface area contributed by atoms with Gasteiger partial charge in [-0.05, 0) is 43.2 Å². The van der Waals surface area contributed by atoms with Gasteiger partial charge in [0.25, 0.3) is 5.89 Å². The van der Waals surface area contributed by atoms with Gasteiger partial charge in [0.1, 0.15) is 11.9 Å². The highest BCUT2D eigenvalue weighted by Crippen LogP contribution is 2.31. The maximum atomic E-state index is 14.0. The van der Waals surface area contributed by atoms with Crippen LogP contribution >= 0.6 is 15.9 Å². The number of furan rings is 1. The smallest absolute Gasteiger partial charge is 0.266 e. The van der Waals surface area contributed by atoms with Crippen molar-refractivity contribution >= 4 is 33.4 Å². The van der Waals surface area contributed by atoms with Crippen molar-refractivity contribution in [3.63, 3.8) is 0 Å². The van der Waals surface area contributed by atoms with Gasteiger partial charge >= 0.3 is 0 Å². The molecule has 9 heteroatoms. The molecule has 29 heavy (non-hydrogen) atoms. The second-order valence-electron chi connectivity index (χ2n) is 6.64. The molecule has 0 radical (unpaired) electrons. The zero-order chi connectivity index (χ0) is 20.4. The van der Waals surface area contributed by atoms with Crippen LogP contribution in [0.5, 0.6) is 0 Å². The number of oxazole rings is 1. The molecule has 7 nitrogen and oxygen atoms in total. The molecule has 2 aromatic heterocycles. The Balaban J connectivity index is 1.42. The molecule has 0 atom stereocenters. The third kappa shape index (κ3) is 4.03. The van der Waals surface area contributed by atoms with Gasteiger partial charge in [-0.25, -0.2) is 4.39 Å². The molecule has 4 rings (SSSR count). The molecule has 1 fully saturated rings. The van der Waals surface area contributed by atoms with E-state index in [1.165, 1.54) is 18.4 Å². The van der Waals surface area contributed by atoms with E-state index < -0.39 is 5.82 Å². The van der Waals surface area contributed by atoms with Crippen LogP contribution in [0.15, 0.2) is 49.9 Å². The number of benzene rings is 1. The monoisotopic (exact) mass is 458 g/mol. The number of nitrogens with zero attached hydrogens (tertiary/aromatic N) is 3. The summed E-state index contributed by atoms with van der Waals surface area (Å²) in [6, 6.07) is 9.96. The number of nitriles is 1. The Hall–Kier alpha value is -3.12. The fraction of sp³-hybridized carbons (Fsp3) is 0.250. The number of carbonyl (C=O) groups is 1. The molecule has 1 amide bonds. The molecule has 0 unspecified atom stereocenters. The van der Waals surface area contributed by atoms with Gasteiger partial charge in [0.2, 0.25) is 17.5 Å². The van der Waals surface area contributed by atoms with Crippen molar-refractivity contribution in [1.29, 1.82) is 5.26 Å². The van der Waals surface area contributed by atoms with Crippen LogP contribution < -0.4 is 10.2 Å². The molecule has 148 valence electrons. The van der Waals surface area contributed by atoms with Crippen LogP contribution in [-0.2, 0) is 4.79 Å². The first-order valence-electron chi connectivity index (χ1n) is 9.01. The van der Waals surface area contributed by atoms with Crippen LogP contribution in [0.3, 0.4) is 0 Å². The summed E-state index contributed by atoms with van der Waals surface area (Å²) in [5.74, 6) is 0.0887. The molecule has 1 aliphatic heterocycles. The van der Waals surface area contributed by atoms with Gasteiger partial charge in [-0.3, -0.25) is 4.79 Å². The molecule has 0 aliphatic carbocycles. The van der Waals surface area contributed by atoms with Gasteiger partial charge in [0.15, 0.2) is 5.76 Å². The molecular weight excluding hydrogens is 443 g/mol. The lowest BCUT2D eigenvalue weighted by Gasteiger charge is -2.31. The number of rotatable bonds is 4. The van der Waals surface area contributed by atoms with Gasteiger partial charge in [0.05, 0.1) is 12.0 Å². The Kier molecular flexibility index (Phi) is 5.36. The maximum absolute atomic E-state index is 14.0. The number of carbonyl (C=O) groups excluding carboxylic acids is 1. The van der Waals surface area contributed by atoms with Crippen molar-refractivity contribution in [2.45, 2.75) is 12.8 Å². The van der Waals surface area contributed by atoms with E-state index in [1.54, 1.807) is 18.2 Å². The number of anilines is 2.